The topological polar surface area (TPSA) is 110 Å². The Morgan fingerprint density at radius 2 is 1.66 bits per heavy atom. The van der Waals surface area contributed by atoms with Crippen molar-refractivity contribution < 1.29 is 18.0 Å². The second-order valence-electron chi connectivity index (χ2n) is 7.45. The maximum absolute atomic E-state index is 12.6. The number of hydrogen-bond donors (Lipinski definition) is 2. The number of anilines is 1. The van der Waals surface area contributed by atoms with E-state index in [1.807, 2.05) is 50.6 Å². The minimum Gasteiger partial charge on any atom is -0.307 e. The van der Waals surface area contributed by atoms with Crippen molar-refractivity contribution in [2.24, 2.45) is 7.05 Å². The van der Waals surface area contributed by atoms with E-state index in [0.29, 0.717) is 5.69 Å². The summed E-state index contributed by atoms with van der Waals surface area (Å²) in [4.78, 5) is 24.4. The molecule has 29 heavy (non-hydrogen) atoms. The molecule has 0 atom stereocenters. The summed E-state index contributed by atoms with van der Waals surface area (Å²) in [5.41, 5.74) is 2.60. The van der Waals surface area contributed by atoms with Crippen LogP contribution in [0.3, 0.4) is 0 Å². The third-order valence-corrected chi connectivity index (χ3v) is 5.78. The fourth-order valence-corrected chi connectivity index (χ4v) is 3.92. The zero-order chi connectivity index (χ0) is 21.9. The lowest BCUT2D eigenvalue weighted by Crippen LogP contribution is -2.35. The lowest BCUT2D eigenvalue weighted by atomic mass is 9.93. The smallest absolute Gasteiger partial charge is 0.307 e. The number of nitrogens with one attached hydrogen (secondary N) is 2. The fraction of sp³-hybridized carbons (Fsp3) is 0.450. The number of nitrogens with zero attached hydrogens (tertiary/aromatic N) is 2. The van der Waals surface area contributed by atoms with Crippen LogP contribution in [-0.2, 0) is 17.1 Å². The van der Waals surface area contributed by atoms with Crippen LogP contribution in [0.2, 0.25) is 0 Å². The van der Waals surface area contributed by atoms with Crippen molar-refractivity contribution in [1.82, 2.24) is 14.5 Å². The van der Waals surface area contributed by atoms with Gasteiger partial charge in [-0.2, -0.15) is 13.5 Å². The molecule has 2 aromatic rings. The van der Waals surface area contributed by atoms with Crippen LogP contribution in [0, 0.1) is 0 Å². The van der Waals surface area contributed by atoms with Crippen LogP contribution in [-0.4, -0.2) is 30.0 Å². The average Bonchev–Trinajstić information content (AvgIpc) is 3.03. The number of rotatable bonds is 7. The maximum Gasteiger partial charge on any atom is 0.333 e. The number of benzene rings is 1. The number of aryl methyl sites for hydroxylation is 1. The van der Waals surface area contributed by atoms with E-state index in [4.69, 9.17) is 0 Å². The van der Waals surface area contributed by atoms with Gasteiger partial charge in [0.2, 0.25) is 0 Å². The van der Waals surface area contributed by atoms with E-state index in [2.05, 4.69) is 10.4 Å². The molecule has 2 amide bonds. The maximum atomic E-state index is 12.6. The lowest BCUT2D eigenvalue weighted by molar-refractivity contribution is 0.0979. The van der Waals surface area contributed by atoms with Crippen LogP contribution < -0.4 is 10.0 Å². The van der Waals surface area contributed by atoms with Crippen LogP contribution in [0.25, 0.3) is 0 Å². The van der Waals surface area contributed by atoms with Gasteiger partial charge in [0.15, 0.2) is 10.8 Å². The first-order valence-corrected chi connectivity index (χ1v) is 11.0. The molecular formula is C20H28N4O4S. The van der Waals surface area contributed by atoms with Crippen molar-refractivity contribution in [2.75, 3.05) is 5.32 Å². The standard InChI is InChI=1S/C20H28N4O4S/c1-7-17(25)16-11-18(22-24(16)6)29(27,28)23-20(26)21-19-14(12(2)3)9-8-10-15(19)13(4)5/h8-13H,7H2,1-6H3,(H2,21,23,26). The zero-order valence-electron chi connectivity index (χ0n) is 17.6. The van der Waals surface area contributed by atoms with E-state index in [1.165, 1.54) is 17.8 Å². The summed E-state index contributed by atoms with van der Waals surface area (Å²) in [5, 5.41) is 6.18. The number of urea groups is 1. The Bertz CT molecular complexity index is 997. The summed E-state index contributed by atoms with van der Waals surface area (Å²) in [6.45, 7) is 9.67. The Morgan fingerprint density at radius 1 is 1.10 bits per heavy atom. The summed E-state index contributed by atoms with van der Waals surface area (Å²) < 4.78 is 28.4. The number of hydrogen-bond acceptors (Lipinski definition) is 5. The largest absolute Gasteiger partial charge is 0.333 e. The summed E-state index contributed by atoms with van der Waals surface area (Å²) in [7, 11) is -2.75. The lowest BCUT2D eigenvalue weighted by Gasteiger charge is -2.20. The van der Waals surface area contributed by atoms with Crippen molar-refractivity contribution in [2.45, 2.75) is 57.9 Å². The highest BCUT2D eigenvalue weighted by Gasteiger charge is 2.25. The second-order valence-corrected chi connectivity index (χ2v) is 9.08. The molecule has 0 saturated heterocycles. The van der Waals surface area contributed by atoms with Gasteiger partial charge >= 0.3 is 6.03 Å². The molecule has 1 heterocycles. The Hall–Kier alpha value is -2.68. The van der Waals surface area contributed by atoms with Crippen LogP contribution in [0.5, 0.6) is 0 Å². The van der Waals surface area contributed by atoms with Gasteiger partial charge in [-0.1, -0.05) is 52.8 Å². The van der Waals surface area contributed by atoms with Crippen LogP contribution >= 0.6 is 0 Å². The molecule has 0 aliphatic rings. The molecule has 0 spiro atoms. The van der Waals surface area contributed by atoms with Gasteiger partial charge in [0.05, 0.1) is 0 Å². The molecule has 9 heteroatoms. The monoisotopic (exact) mass is 420 g/mol. The molecule has 2 N–H and O–H groups in total. The second kappa shape index (κ2) is 8.77. The molecule has 0 saturated carbocycles. The first-order chi connectivity index (χ1) is 13.5. The number of aromatic nitrogens is 2. The number of ketones is 1. The first kappa shape index (κ1) is 22.6. The predicted molar refractivity (Wildman–Crippen MR) is 112 cm³/mol. The highest BCUT2D eigenvalue weighted by molar-refractivity contribution is 7.90. The molecule has 8 nitrogen and oxygen atoms in total. The van der Waals surface area contributed by atoms with Gasteiger partial charge in [-0.3, -0.25) is 9.48 Å². The molecule has 0 fully saturated rings. The van der Waals surface area contributed by atoms with Crippen molar-refractivity contribution in [3.63, 3.8) is 0 Å². The first-order valence-electron chi connectivity index (χ1n) is 9.51. The van der Waals surface area contributed by atoms with Crippen molar-refractivity contribution in [3.8, 4) is 0 Å². The highest BCUT2D eigenvalue weighted by Crippen LogP contribution is 2.32. The number of para-hydroxylation sites is 1. The number of amides is 2. The number of carbonyl (C=O) groups is 2. The molecule has 1 aromatic carbocycles. The SMILES string of the molecule is CCC(=O)c1cc(S(=O)(=O)NC(=O)Nc2c(C(C)C)cccc2C(C)C)nn1C. The third kappa shape index (κ3) is 5.03. The number of carbonyl (C=O) groups excluding carboxylic acids is 2. The molecule has 0 aliphatic carbocycles. The Labute approximate surface area is 171 Å². The Balaban J connectivity index is 2.31. The third-order valence-electron chi connectivity index (χ3n) is 4.58. The highest BCUT2D eigenvalue weighted by atomic mass is 32.2. The van der Waals surface area contributed by atoms with E-state index in [1.54, 1.807) is 6.92 Å². The van der Waals surface area contributed by atoms with Gasteiger partial charge in [-0.05, 0) is 23.0 Å². The van der Waals surface area contributed by atoms with Crippen molar-refractivity contribution in [3.05, 3.63) is 41.1 Å². The molecule has 0 unspecified atom stereocenters. The van der Waals surface area contributed by atoms with Gasteiger partial charge in [-0.15, -0.1) is 0 Å². The molecule has 2 rings (SSSR count). The zero-order valence-corrected chi connectivity index (χ0v) is 18.4. The van der Waals surface area contributed by atoms with Crippen molar-refractivity contribution >= 4 is 27.5 Å². The van der Waals surface area contributed by atoms with E-state index in [9.17, 15) is 18.0 Å². The Morgan fingerprint density at radius 3 is 2.14 bits per heavy atom. The number of sulfonamides is 1. The van der Waals surface area contributed by atoms with Crippen LogP contribution in [0.15, 0.2) is 29.3 Å². The molecule has 0 radical (unpaired) electrons. The molecule has 158 valence electrons. The van der Waals surface area contributed by atoms with E-state index < -0.39 is 16.1 Å². The minimum atomic E-state index is -4.24. The quantitative estimate of drug-likeness (QED) is 0.663. The van der Waals surface area contributed by atoms with Gasteiger partial charge in [0.1, 0.15) is 5.69 Å². The van der Waals surface area contributed by atoms with Crippen LogP contribution in [0.1, 0.15) is 74.5 Å². The average molecular weight is 421 g/mol. The van der Waals surface area contributed by atoms with Gasteiger partial charge in [-0.25, -0.2) is 9.52 Å². The fourth-order valence-electron chi connectivity index (χ4n) is 3.02. The summed E-state index contributed by atoms with van der Waals surface area (Å²) in [6.07, 6.45) is 0.219. The van der Waals surface area contributed by atoms with E-state index in [0.717, 1.165) is 11.1 Å². The van der Waals surface area contributed by atoms with E-state index in [-0.39, 0.29) is 34.8 Å². The van der Waals surface area contributed by atoms with Gasteiger partial charge < -0.3 is 5.32 Å². The predicted octanol–water partition coefficient (Wildman–Crippen LogP) is 3.77. The van der Waals surface area contributed by atoms with Gasteiger partial charge in [0, 0.05) is 25.2 Å². The summed E-state index contributed by atoms with van der Waals surface area (Å²) in [6, 6.07) is 6.02. The van der Waals surface area contributed by atoms with Crippen molar-refractivity contribution in [1.29, 1.82) is 0 Å². The summed E-state index contributed by atoms with van der Waals surface area (Å²) >= 11 is 0. The Kier molecular flexibility index (Phi) is 6.84. The number of Topliss-reactive ketones (excluding diaryl/α,β-unsaturated/α-hetero) is 1. The normalized spacial score (nSPS) is 11.7. The molecular weight excluding hydrogens is 392 g/mol. The molecule has 0 aliphatic heterocycles. The van der Waals surface area contributed by atoms with Crippen LogP contribution in [0.4, 0.5) is 10.5 Å². The molecule has 1 aromatic heterocycles. The summed E-state index contributed by atoms with van der Waals surface area (Å²) in [5.74, 6) is 0.0383. The van der Waals surface area contributed by atoms with E-state index >= 15 is 0 Å². The molecule has 0 bridgehead atoms. The minimum absolute atomic E-state index is 0.138. The van der Waals surface area contributed by atoms with Gasteiger partial charge in [0.25, 0.3) is 10.0 Å².